The third kappa shape index (κ3) is 2.27. The van der Waals surface area contributed by atoms with E-state index in [1.807, 2.05) is 0 Å². The second kappa shape index (κ2) is 3.26. The topological polar surface area (TPSA) is 40.5 Å². The third-order valence-electron chi connectivity index (χ3n) is 1.36. The predicted octanol–water partition coefficient (Wildman–Crippen LogP) is 2.12. The van der Waals surface area contributed by atoms with Crippen LogP contribution in [-0.4, -0.2) is 10.2 Å². The summed E-state index contributed by atoms with van der Waals surface area (Å²) in [4.78, 5) is 0. The normalized spacial score (nSPS) is 9.75. The second-order valence-electron chi connectivity index (χ2n) is 2.55. The molecule has 0 atom stereocenters. The van der Waals surface area contributed by atoms with E-state index in [0.717, 1.165) is 0 Å². The smallest absolute Gasteiger partial charge is 0.119 e. The summed E-state index contributed by atoms with van der Waals surface area (Å²) in [5.74, 6) is -0.655. The van der Waals surface area contributed by atoms with Crippen molar-refractivity contribution in [1.29, 1.82) is 0 Å². The van der Waals surface area contributed by atoms with Crippen molar-refractivity contribution in [3.63, 3.8) is 0 Å². The van der Waals surface area contributed by atoms with E-state index >= 15 is 0 Å². The Bertz CT molecular complexity index is 287. The van der Waals surface area contributed by atoms with Crippen LogP contribution >= 0.6 is 0 Å². The fourth-order valence-electron chi connectivity index (χ4n) is 0.980. The maximum atomic E-state index is 12.3. The quantitative estimate of drug-likeness (QED) is 0.710. The van der Waals surface area contributed by atoms with E-state index in [-0.39, 0.29) is 17.9 Å². The van der Waals surface area contributed by atoms with Crippen molar-refractivity contribution in [2.75, 3.05) is 0 Å². The maximum Gasteiger partial charge on any atom is 0.119 e. The van der Waals surface area contributed by atoms with Gasteiger partial charge < -0.3 is 10.2 Å². The molecule has 0 unspecified atom stereocenters. The molecule has 0 amide bonds. The SMILES string of the molecule is C=C(F)Cc1cc(O)cc(O)c1. The Labute approximate surface area is 69.6 Å². The zero-order valence-corrected chi connectivity index (χ0v) is 6.42. The number of aromatic hydroxyl groups is 2. The molecule has 0 bridgehead atoms. The number of benzene rings is 1. The van der Waals surface area contributed by atoms with Gasteiger partial charge in [0.15, 0.2) is 0 Å². The minimum atomic E-state index is -0.500. The van der Waals surface area contributed by atoms with E-state index in [2.05, 4.69) is 6.58 Å². The molecule has 1 aromatic rings. The van der Waals surface area contributed by atoms with Gasteiger partial charge in [-0.3, -0.25) is 0 Å². The summed E-state index contributed by atoms with van der Waals surface area (Å²) in [5, 5.41) is 18.0. The van der Waals surface area contributed by atoms with Crippen molar-refractivity contribution in [2.45, 2.75) is 6.42 Å². The highest BCUT2D eigenvalue weighted by Crippen LogP contribution is 2.21. The summed E-state index contributed by atoms with van der Waals surface area (Å²) < 4.78 is 12.3. The van der Waals surface area contributed by atoms with Crippen LogP contribution in [0.3, 0.4) is 0 Å². The molecule has 0 saturated heterocycles. The van der Waals surface area contributed by atoms with Gasteiger partial charge in [0.1, 0.15) is 11.5 Å². The van der Waals surface area contributed by atoms with Gasteiger partial charge in [-0.05, 0) is 17.7 Å². The summed E-state index contributed by atoms with van der Waals surface area (Å²) in [6.45, 7) is 3.08. The number of hydrogen-bond acceptors (Lipinski definition) is 2. The second-order valence-corrected chi connectivity index (χ2v) is 2.55. The average molecular weight is 168 g/mol. The Kier molecular flexibility index (Phi) is 2.33. The molecule has 0 saturated carbocycles. The molecule has 2 nitrogen and oxygen atoms in total. The molecule has 2 N–H and O–H groups in total. The van der Waals surface area contributed by atoms with Crippen molar-refractivity contribution in [2.24, 2.45) is 0 Å². The van der Waals surface area contributed by atoms with Gasteiger partial charge in [-0.2, -0.15) is 0 Å². The van der Waals surface area contributed by atoms with Gasteiger partial charge in [-0.1, -0.05) is 6.58 Å². The first-order valence-corrected chi connectivity index (χ1v) is 3.43. The van der Waals surface area contributed by atoms with Crippen molar-refractivity contribution in [3.05, 3.63) is 36.2 Å². The highest BCUT2D eigenvalue weighted by molar-refractivity contribution is 5.37. The van der Waals surface area contributed by atoms with Gasteiger partial charge in [-0.15, -0.1) is 0 Å². The summed E-state index contributed by atoms with van der Waals surface area (Å²) in [7, 11) is 0. The van der Waals surface area contributed by atoms with E-state index in [4.69, 9.17) is 10.2 Å². The van der Waals surface area contributed by atoms with Crippen LogP contribution in [0.4, 0.5) is 4.39 Å². The zero-order chi connectivity index (χ0) is 9.14. The lowest BCUT2D eigenvalue weighted by Gasteiger charge is -2.00. The zero-order valence-electron chi connectivity index (χ0n) is 6.42. The fourth-order valence-corrected chi connectivity index (χ4v) is 0.980. The van der Waals surface area contributed by atoms with Crippen LogP contribution in [0.5, 0.6) is 11.5 Å². The number of hydrogen-bond donors (Lipinski definition) is 2. The minimum absolute atomic E-state index is 0.0158. The maximum absolute atomic E-state index is 12.3. The Morgan fingerprint density at radius 1 is 1.25 bits per heavy atom. The van der Waals surface area contributed by atoms with Crippen LogP contribution in [-0.2, 0) is 6.42 Å². The lowest BCUT2D eigenvalue weighted by atomic mass is 10.1. The van der Waals surface area contributed by atoms with E-state index in [1.54, 1.807) is 0 Å². The molecule has 0 aromatic heterocycles. The Morgan fingerprint density at radius 2 is 1.75 bits per heavy atom. The Balaban J connectivity index is 2.93. The molecular weight excluding hydrogens is 159 g/mol. The molecule has 0 spiro atoms. The first kappa shape index (κ1) is 8.59. The number of phenolic OH excluding ortho intramolecular Hbond substituents is 2. The van der Waals surface area contributed by atoms with Crippen molar-refractivity contribution in [1.82, 2.24) is 0 Å². The Morgan fingerprint density at radius 3 is 2.17 bits per heavy atom. The van der Waals surface area contributed by atoms with Crippen molar-refractivity contribution < 1.29 is 14.6 Å². The van der Waals surface area contributed by atoms with Gasteiger partial charge in [-0.25, -0.2) is 4.39 Å². The van der Waals surface area contributed by atoms with E-state index in [9.17, 15) is 4.39 Å². The largest absolute Gasteiger partial charge is 0.508 e. The standard InChI is InChI=1S/C9H9FO2/c1-6(10)2-7-3-8(11)5-9(12)4-7/h3-5,11-12H,1-2H2. The van der Waals surface area contributed by atoms with Crippen LogP contribution in [0.1, 0.15) is 5.56 Å². The van der Waals surface area contributed by atoms with Gasteiger partial charge in [0.2, 0.25) is 0 Å². The summed E-state index contributed by atoms with van der Waals surface area (Å²) >= 11 is 0. The highest BCUT2D eigenvalue weighted by atomic mass is 19.1. The van der Waals surface area contributed by atoms with Gasteiger partial charge in [0.25, 0.3) is 0 Å². The number of rotatable bonds is 2. The number of halogens is 1. The molecule has 12 heavy (non-hydrogen) atoms. The summed E-state index contributed by atoms with van der Waals surface area (Å²) in [6.07, 6.45) is 0.0158. The van der Waals surface area contributed by atoms with Crippen LogP contribution in [0.2, 0.25) is 0 Å². The van der Waals surface area contributed by atoms with Crippen LogP contribution < -0.4 is 0 Å². The molecule has 0 aliphatic rings. The van der Waals surface area contributed by atoms with Gasteiger partial charge >= 0.3 is 0 Å². The van der Waals surface area contributed by atoms with E-state index in [0.29, 0.717) is 5.56 Å². The van der Waals surface area contributed by atoms with Gasteiger partial charge in [0.05, 0.1) is 5.83 Å². The molecule has 3 heteroatoms. The van der Waals surface area contributed by atoms with Crippen LogP contribution in [0, 0.1) is 0 Å². The highest BCUT2D eigenvalue weighted by Gasteiger charge is 2.00. The summed E-state index contributed by atoms with van der Waals surface area (Å²) in [6, 6.07) is 3.94. The number of phenols is 2. The Hall–Kier alpha value is -1.51. The van der Waals surface area contributed by atoms with E-state index in [1.165, 1.54) is 18.2 Å². The monoisotopic (exact) mass is 168 g/mol. The molecule has 64 valence electrons. The lowest BCUT2D eigenvalue weighted by Crippen LogP contribution is -1.83. The minimum Gasteiger partial charge on any atom is -0.508 e. The molecule has 0 heterocycles. The lowest BCUT2D eigenvalue weighted by molar-refractivity contribution is 0.449. The number of allylic oxidation sites excluding steroid dienone is 1. The van der Waals surface area contributed by atoms with Crippen molar-refractivity contribution >= 4 is 0 Å². The first-order chi connectivity index (χ1) is 5.58. The fraction of sp³-hybridized carbons (Fsp3) is 0.111. The predicted molar refractivity (Wildman–Crippen MR) is 43.7 cm³/mol. The van der Waals surface area contributed by atoms with Crippen LogP contribution in [0.15, 0.2) is 30.6 Å². The molecule has 0 radical (unpaired) electrons. The van der Waals surface area contributed by atoms with Crippen molar-refractivity contribution in [3.8, 4) is 11.5 Å². The molecule has 0 fully saturated rings. The molecule has 0 aliphatic carbocycles. The van der Waals surface area contributed by atoms with E-state index < -0.39 is 5.83 Å². The molecule has 1 aromatic carbocycles. The molecular formula is C9H9FO2. The molecule has 0 aliphatic heterocycles. The van der Waals surface area contributed by atoms with Gasteiger partial charge in [0, 0.05) is 12.5 Å². The third-order valence-corrected chi connectivity index (χ3v) is 1.36. The van der Waals surface area contributed by atoms with Crippen LogP contribution in [0.25, 0.3) is 0 Å². The average Bonchev–Trinajstić information content (AvgIpc) is 1.81. The molecule has 1 rings (SSSR count). The first-order valence-electron chi connectivity index (χ1n) is 3.43. The summed E-state index contributed by atoms with van der Waals surface area (Å²) in [5.41, 5.74) is 0.500.